The lowest BCUT2D eigenvalue weighted by Gasteiger charge is -2.24. The number of hydrogen-bond donors (Lipinski definition) is 1. The molecule has 0 aromatic carbocycles. The predicted molar refractivity (Wildman–Crippen MR) is 64.5 cm³/mol. The first kappa shape index (κ1) is 12.3. The summed E-state index contributed by atoms with van der Waals surface area (Å²) in [6.07, 6.45) is 6.63. The summed E-state index contributed by atoms with van der Waals surface area (Å²) in [4.78, 5) is 0. The molecule has 0 aromatic heterocycles. The van der Waals surface area contributed by atoms with Crippen molar-refractivity contribution in [1.29, 1.82) is 0 Å². The van der Waals surface area contributed by atoms with Gasteiger partial charge in [0.05, 0.1) is 5.75 Å². The minimum Gasteiger partial charge on any atom is -0.326 e. The fraction of sp³-hybridized carbons (Fsp3) is 1.00. The number of rotatable bonds is 3. The summed E-state index contributed by atoms with van der Waals surface area (Å²) in [5, 5.41) is 0. The molecule has 5 heteroatoms. The lowest BCUT2D eigenvalue weighted by atomic mass is 9.91. The van der Waals surface area contributed by atoms with E-state index in [1.807, 2.05) is 0 Å². The highest BCUT2D eigenvalue weighted by Crippen LogP contribution is 2.26. The van der Waals surface area contributed by atoms with E-state index in [2.05, 4.69) is 0 Å². The van der Waals surface area contributed by atoms with E-state index >= 15 is 0 Å². The molecule has 2 N–H and O–H groups in total. The van der Waals surface area contributed by atoms with Crippen LogP contribution < -0.4 is 5.73 Å². The molecule has 1 aliphatic heterocycles. The molecule has 0 radical (unpaired) electrons. The molecule has 16 heavy (non-hydrogen) atoms. The highest BCUT2D eigenvalue weighted by atomic mass is 32.2. The Balaban J connectivity index is 1.91. The number of hydrogen-bond acceptors (Lipinski definition) is 3. The van der Waals surface area contributed by atoms with Crippen LogP contribution in [0, 0.1) is 5.92 Å². The van der Waals surface area contributed by atoms with Crippen molar-refractivity contribution in [1.82, 2.24) is 4.31 Å². The Morgan fingerprint density at radius 3 is 2.38 bits per heavy atom. The summed E-state index contributed by atoms with van der Waals surface area (Å²) < 4.78 is 25.8. The SMILES string of the molecule is NC1CCN(S(=O)(=O)CC2CCCCC2)C1. The van der Waals surface area contributed by atoms with E-state index in [0.717, 1.165) is 19.3 Å². The Morgan fingerprint density at radius 1 is 1.12 bits per heavy atom. The second-order valence-corrected chi connectivity index (χ2v) is 7.20. The average Bonchev–Trinajstić information content (AvgIpc) is 2.66. The smallest absolute Gasteiger partial charge is 0.214 e. The summed E-state index contributed by atoms with van der Waals surface area (Å²) >= 11 is 0. The van der Waals surface area contributed by atoms with Gasteiger partial charge in [0, 0.05) is 19.1 Å². The molecule has 1 unspecified atom stereocenters. The Morgan fingerprint density at radius 2 is 1.81 bits per heavy atom. The van der Waals surface area contributed by atoms with E-state index in [4.69, 9.17) is 5.73 Å². The highest BCUT2D eigenvalue weighted by Gasteiger charge is 2.31. The monoisotopic (exact) mass is 246 g/mol. The lowest BCUT2D eigenvalue weighted by Crippen LogP contribution is -2.35. The van der Waals surface area contributed by atoms with Gasteiger partial charge in [0.25, 0.3) is 0 Å². The molecule has 0 aromatic rings. The second-order valence-electron chi connectivity index (χ2n) is 5.19. The van der Waals surface area contributed by atoms with Gasteiger partial charge in [-0.25, -0.2) is 12.7 Å². The molecule has 4 nitrogen and oxygen atoms in total. The first-order chi connectivity index (χ1) is 7.58. The summed E-state index contributed by atoms with van der Waals surface area (Å²) in [5.74, 6) is 0.732. The second kappa shape index (κ2) is 5.02. The van der Waals surface area contributed by atoms with Gasteiger partial charge in [-0.2, -0.15) is 0 Å². The summed E-state index contributed by atoms with van der Waals surface area (Å²) in [7, 11) is -3.04. The zero-order valence-corrected chi connectivity index (χ0v) is 10.6. The molecule has 1 heterocycles. The predicted octanol–water partition coefficient (Wildman–Crippen LogP) is 0.929. The number of sulfonamides is 1. The van der Waals surface area contributed by atoms with Crippen LogP contribution >= 0.6 is 0 Å². The maximum Gasteiger partial charge on any atom is 0.214 e. The first-order valence-electron chi connectivity index (χ1n) is 6.31. The summed E-state index contributed by atoms with van der Waals surface area (Å²) in [6.45, 7) is 1.14. The van der Waals surface area contributed by atoms with E-state index < -0.39 is 10.0 Å². The molecule has 0 spiro atoms. The average molecular weight is 246 g/mol. The van der Waals surface area contributed by atoms with Gasteiger partial charge in [-0.1, -0.05) is 19.3 Å². The van der Waals surface area contributed by atoms with Crippen molar-refractivity contribution in [2.24, 2.45) is 11.7 Å². The van der Waals surface area contributed by atoms with Gasteiger partial charge in [-0.15, -0.1) is 0 Å². The van der Waals surface area contributed by atoms with Crippen LogP contribution in [0.3, 0.4) is 0 Å². The molecule has 2 fully saturated rings. The van der Waals surface area contributed by atoms with E-state index in [-0.39, 0.29) is 6.04 Å². The Bertz CT molecular complexity index is 323. The van der Waals surface area contributed by atoms with Crippen LogP contribution in [0.1, 0.15) is 38.5 Å². The van der Waals surface area contributed by atoms with Crippen molar-refractivity contribution in [2.45, 2.75) is 44.6 Å². The number of nitrogens with two attached hydrogens (primary N) is 1. The Kier molecular flexibility index (Phi) is 3.87. The zero-order valence-electron chi connectivity index (χ0n) is 9.77. The van der Waals surface area contributed by atoms with E-state index in [9.17, 15) is 8.42 Å². The van der Waals surface area contributed by atoms with Crippen molar-refractivity contribution in [3.63, 3.8) is 0 Å². The van der Waals surface area contributed by atoms with E-state index in [1.54, 1.807) is 4.31 Å². The molecule has 2 rings (SSSR count). The van der Waals surface area contributed by atoms with Gasteiger partial charge in [0.15, 0.2) is 0 Å². The third-order valence-electron chi connectivity index (χ3n) is 3.75. The van der Waals surface area contributed by atoms with Gasteiger partial charge >= 0.3 is 0 Å². The molecule has 0 bridgehead atoms. The third-order valence-corrected chi connectivity index (χ3v) is 5.76. The maximum atomic E-state index is 12.1. The van der Waals surface area contributed by atoms with E-state index in [0.29, 0.717) is 24.8 Å². The van der Waals surface area contributed by atoms with E-state index in [1.165, 1.54) is 19.3 Å². The minimum absolute atomic E-state index is 0.0427. The van der Waals surface area contributed by atoms with Crippen molar-refractivity contribution < 1.29 is 8.42 Å². The van der Waals surface area contributed by atoms with Crippen LogP contribution in [0.5, 0.6) is 0 Å². The van der Waals surface area contributed by atoms with Gasteiger partial charge in [-0.3, -0.25) is 0 Å². The molecular formula is C11H22N2O2S. The molecule has 1 saturated carbocycles. The third kappa shape index (κ3) is 2.96. The van der Waals surface area contributed by atoms with Crippen molar-refractivity contribution in [3.05, 3.63) is 0 Å². The van der Waals surface area contributed by atoms with Crippen LogP contribution in [-0.2, 0) is 10.0 Å². The van der Waals surface area contributed by atoms with Crippen LogP contribution in [0.2, 0.25) is 0 Å². The quantitative estimate of drug-likeness (QED) is 0.805. The molecule has 1 atom stereocenters. The van der Waals surface area contributed by atoms with Crippen molar-refractivity contribution >= 4 is 10.0 Å². The first-order valence-corrected chi connectivity index (χ1v) is 7.92. The van der Waals surface area contributed by atoms with Gasteiger partial charge < -0.3 is 5.73 Å². The largest absolute Gasteiger partial charge is 0.326 e. The molecule has 94 valence electrons. The standard InChI is InChI=1S/C11H22N2O2S/c12-11-6-7-13(8-11)16(14,15)9-10-4-2-1-3-5-10/h10-11H,1-9,12H2. The fourth-order valence-electron chi connectivity index (χ4n) is 2.76. The molecule has 0 amide bonds. The van der Waals surface area contributed by atoms with Crippen LogP contribution in [0.15, 0.2) is 0 Å². The minimum atomic E-state index is -3.04. The van der Waals surface area contributed by atoms with Gasteiger partial charge in [-0.05, 0) is 25.2 Å². The maximum absolute atomic E-state index is 12.1. The van der Waals surface area contributed by atoms with Crippen LogP contribution in [0.4, 0.5) is 0 Å². The number of nitrogens with zero attached hydrogens (tertiary/aromatic N) is 1. The Labute approximate surface area is 98.2 Å². The lowest BCUT2D eigenvalue weighted by molar-refractivity contribution is 0.375. The highest BCUT2D eigenvalue weighted by molar-refractivity contribution is 7.89. The fourth-order valence-corrected chi connectivity index (χ4v) is 4.71. The van der Waals surface area contributed by atoms with Gasteiger partial charge in [0.1, 0.15) is 0 Å². The summed E-state index contributed by atoms with van der Waals surface area (Å²) in [6, 6.07) is 0.0427. The normalized spacial score (nSPS) is 29.7. The van der Waals surface area contributed by atoms with Crippen LogP contribution in [0.25, 0.3) is 0 Å². The molecular weight excluding hydrogens is 224 g/mol. The van der Waals surface area contributed by atoms with Gasteiger partial charge in [0.2, 0.25) is 10.0 Å². The van der Waals surface area contributed by atoms with Crippen molar-refractivity contribution in [3.8, 4) is 0 Å². The zero-order chi connectivity index (χ0) is 11.6. The topological polar surface area (TPSA) is 63.4 Å². The Hall–Kier alpha value is -0.130. The molecule has 2 aliphatic rings. The van der Waals surface area contributed by atoms with Crippen LogP contribution in [-0.4, -0.2) is 37.6 Å². The molecule has 1 aliphatic carbocycles. The van der Waals surface area contributed by atoms with Crippen molar-refractivity contribution in [2.75, 3.05) is 18.8 Å². The summed E-state index contributed by atoms with van der Waals surface area (Å²) in [5.41, 5.74) is 5.75. The molecule has 1 saturated heterocycles.